The quantitative estimate of drug-likeness (QED) is 0.601. The normalized spacial score (nSPS) is 19.5. The van der Waals surface area contributed by atoms with Crippen molar-refractivity contribution in [1.29, 1.82) is 0 Å². The van der Waals surface area contributed by atoms with Gasteiger partial charge in [-0.25, -0.2) is 0 Å². The number of hydrogen-bond donors (Lipinski definition) is 0. The Balaban J connectivity index is 2.01. The first-order chi connectivity index (χ1) is 7.95. The lowest BCUT2D eigenvalue weighted by atomic mass is 9.92. The molecule has 0 saturated carbocycles. The monoisotopic (exact) mass is 212 g/mol. The van der Waals surface area contributed by atoms with Crippen LogP contribution in [0.1, 0.15) is 54.4 Å². The molecule has 0 bridgehead atoms. The third-order valence-corrected chi connectivity index (χ3v) is 4.04. The van der Waals surface area contributed by atoms with Crippen LogP contribution in [-0.4, -0.2) is 0 Å². The van der Waals surface area contributed by atoms with Gasteiger partial charge in [-0.3, -0.25) is 0 Å². The first-order valence-electron chi connectivity index (χ1n) is 6.75. The van der Waals surface area contributed by atoms with Crippen LogP contribution in [0.2, 0.25) is 0 Å². The van der Waals surface area contributed by atoms with Crippen molar-refractivity contribution in [2.75, 3.05) is 0 Å². The molecule has 0 spiro atoms. The van der Waals surface area contributed by atoms with Gasteiger partial charge in [0.2, 0.25) is 0 Å². The SMILES string of the molecule is C1=Cc2c(ccc3c2CCCCCCC3)C1. The van der Waals surface area contributed by atoms with E-state index < -0.39 is 0 Å². The maximum Gasteiger partial charge on any atom is -0.00881 e. The van der Waals surface area contributed by atoms with Crippen LogP contribution in [0.25, 0.3) is 6.08 Å². The first-order valence-corrected chi connectivity index (χ1v) is 6.75. The van der Waals surface area contributed by atoms with Gasteiger partial charge in [0.15, 0.2) is 0 Å². The molecule has 16 heavy (non-hydrogen) atoms. The van der Waals surface area contributed by atoms with Gasteiger partial charge < -0.3 is 0 Å². The van der Waals surface area contributed by atoms with E-state index in [1.807, 2.05) is 0 Å². The van der Waals surface area contributed by atoms with Crippen molar-refractivity contribution in [2.24, 2.45) is 0 Å². The van der Waals surface area contributed by atoms with Gasteiger partial charge >= 0.3 is 0 Å². The molecule has 84 valence electrons. The zero-order chi connectivity index (χ0) is 10.8. The second kappa shape index (κ2) is 4.45. The molecule has 0 unspecified atom stereocenters. The fourth-order valence-corrected chi connectivity index (χ4v) is 3.12. The van der Waals surface area contributed by atoms with Gasteiger partial charge in [-0.05, 0) is 54.4 Å². The molecule has 0 N–H and O–H groups in total. The molecule has 0 aliphatic heterocycles. The van der Waals surface area contributed by atoms with E-state index in [1.54, 1.807) is 22.3 Å². The van der Waals surface area contributed by atoms with Crippen LogP contribution >= 0.6 is 0 Å². The maximum atomic E-state index is 2.40. The van der Waals surface area contributed by atoms with Gasteiger partial charge in [0.25, 0.3) is 0 Å². The number of fused-ring (bicyclic) bond motifs is 3. The average molecular weight is 212 g/mol. The number of allylic oxidation sites excluding steroid dienone is 1. The molecule has 3 rings (SSSR count). The van der Waals surface area contributed by atoms with E-state index in [4.69, 9.17) is 0 Å². The summed E-state index contributed by atoms with van der Waals surface area (Å²) < 4.78 is 0. The predicted octanol–water partition coefficient (Wildman–Crippen LogP) is 4.31. The molecule has 0 radical (unpaired) electrons. The number of benzene rings is 1. The van der Waals surface area contributed by atoms with Gasteiger partial charge in [0.05, 0.1) is 0 Å². The molecule has 1 aromatic rings. The average Bonchev–Trinajstić information content (AvgIpc) is 2.80. The Morgan fingerprint density at radius 1 is 0.750 bits per heavy atom. The third-order valence-electron chi connectivity index (χ3n) is 4.04. The summed E-state index contributed by atoms with van der Waals surface area (Å²) in [5.41, 5.74) is 6.43. The van der Waals surface area contributed by atoms with Gasteiger partial charge in [0, 0.05) is 0 Å². The molecule has 0 saturated heterocycles. The largest absolute Gasteiger partial charge is 0.0795 e. The van der Waals surface area contributed by atoms with Crippen molar-refractivity contribution < 1.29 is 0 Å². The summed E-state index contributed by atoms with van der Waals surface area (Å²) in [4.78, 5) is 0. The Kier molecular flexibility index (Phi) is 2.82. The predicted molar refractivity (Wildman–Crippen MR) is 69.7 cm³/mol. The summed E-state index contributed by atoms with van der Waals surface area (Å²) in [5.74, 6) is 0. The maximum absolute atomic E-state index is 2.40. The van der Waals surface area contributed by atoms with Crippen LogP contribution in [0.15, 0.2) is 18.2 Å². The van der Waals surface area contributed by atoms with Crippen molar-refractivity contribution in [3.63, 3.8) is 0 Å². The Labute approximate surface area is 98.4 Å². The van der Waals surface area contributed by atoms with Crippen molar-refractivity contribution >= 4 is 6.08 Å². The molecule has 0 nitrogen and oxygen atoms in total. The van der Waals surface area contributed by atoms with Crippen LogP contribution in [-0.2, 0) is 19.3 Å². The minimum atomic E-state index is 1.16. The molecular weight excluding hydrogens is 192 g/mol. The summed E-state index contributed by atoms with van der Waals surface area (Å²) in [6.45, 7) is 0. The van der Waals surface area contributed by atoms with E-state index >= 15 is 0 Å². The lowest BCUT2D eigenvalue weighted by molar-refractivity contribution is 0.629. The highest BCUT2D eigenvalue weighted by Gasteiger charge is 2.14. The van der Waals surface area contributed by atoms with Crippen molar-refractivity contribution in [1.82, 2.24) is 0 Å². The zero-order valence-electron chi connectivity index (χ0n) is 9.97. The molecule has 0 aromatic heterocycles. The lowest BCUT2D eigenvalue weighted by Gasteiger charge is -2.13. The Morgan fingerprint density at radius 2 is 1.50 bits per heavy atom. The standard InChI is InChI=1S/C16H20/c1-2-4-7-13-11-12-14-8-6-10-16(14)15(13)9-5-3-1/h6,10-12H,1-5,7-9H2. The zero-order valence-corrected chi connectivity index (χ0v) is 9.97. The van der Waals surface area contributed by atoms with Crippen molar-refractivity contribution in [3.05, 3.63) is 40.5 Å². The van der Waals surface area contributed by atoms with Crippen molar-refractivity contribution in [3.8, 4) is 0 Å². The lowest BCUT2D eigenvalue weighted by Crippen LogP contribution is -1.99. The first kappa shape index (κ1) is 10.1. The smallest absolute Gasteiger partial charge is 0.00881 e. The summed E-state index contributed by atoms with van der Waals surface area (Å²) in [6.07, 6.45) is 15.5. The van der Waals surface area contributed by atoms with Crippen LogP contribution < -0.4 is 0 Å². The Morgan fingerprint density at radius 3 is 2.44 bits per heavy atom. The summed E-state index contributed by atoms with van der Waals surface area (Å²) >= 11 is 0. The van der Waals surface area contributed by atoms with E-state index in [9.17, 15) is 0 Å². The molecule has 0 heteroatoms. The fourth-order valence-electron chi connectivity index (χ4n) is 3.12. The highest BCUT2D eigenvalue weighted by molar-refractivity contribution is 5.65. The Hall–Kier alpha value is -1.04. The van der Waals surface area contributed by atoms with E-state index in [1.165, 1.54) is 44.9 Å². The molecule has 2 aliphatic carbocycles. The molecule has 0 atom stereocenters. The number of hydrogen-bond acceptors (Lipinski definition) is 0. The van der Waals surface area contributed by atoms with E-state index in [0.29, 0.717) is 0 Å². The van der Waals surface area contributed by atoms with Gasteiger partial charge in [-0.2, -0.15) is 0 Å². The molecular formula is C16H20. The highest BCUT2D eigenvalue weighted by Crippen LogP contribution is 2.29. The van der Waals surface area contributed by atoms with Gasteiger partial charge in [-0.15, -0.1) is 0 Å². The van der Waals surface area contributed by atoms with Crippen LogP contribution in [0.5, 0.6) is 0 Å². The highest BCUT2D eigenvalue weighted by atomic mass is 14.2. The Bertz CT molecular complexity index is 412. The summed E-state index contributed by atoms with van der Waals surface area (Å²) in [5, 5.41) is 0. The molecule has 0 fully saturated rings. The minimum Gasteiger partial charge on any atom is -0.0795 e. The summed E-state index contributed by atoms with van der Waals surface area (Å²) in [7, 11) is 0. The molecule has 0 amide bonds. The van der Waals surface area contributed by atoms with E-state index in [2.05, 4.69) is 24.3 Å². The summed E-state index contributed by atoms with van der Waals surface area (Å²) in [6, 6.07) is 4.75. The van der Waals surface area contributed by atoms with Crippen molar-refractivity contribution in [2.45, 2.75) is 51.4 Å². The number of rotatable bonds is 0. The van der Waals surface area contributed by atoms with Gasteiger partial charge in [-0.1, -0.05) is 43.5 Å². The molecule has 1 aromatic carbocycles. The minimum absolute atomic E-state index is 1.16. The van der Waals surface area contributed by atoms with Crippen LogP contribution in [0.4, 0.5) is 0 Å². The third kappa shape index (κ3) is 1.81. The second-order valence-electron chi connectivity index (χ2n) is 5.15. The second-order valence-corrected chi connectivity index (χ2v) is 5.15. The number of aryl methyl sites for hydroxylation is 1. The molecule has 2 aliphatic rings. The van der Waals surface area contributed by atoms with E-state index in [-0.39, 0.29) is 0 Å². The fraction of sp³-hybridized carbons (Fsp3) is 0.500. The van der Waals surface area contributed by atoms with E-state index in [0.717, 1.165) is 6.42 Å². The van der Waals surface area contributed by atoms with Crippen LogP contribution in [0, 0.1) is 0 Å². The molecule has 0 heterocycles. The van der Waals surface area contributed by atoms with Gasteiger partial charge in [0.1, 0.15) is 0 Å². The topological polar surface area (TPSA) is 0 Å². The van der Waals surface area contributed by atoms with Crippen LogP contribution in [0.3, 0.4) is 0 Å².